The van der Waals surface area contributed by atoms with Crippen LogP contribution in [0, 0.1) is 0 Å². The van der Waals surface area contributed by atoms with E-state index >= 15 is 0 Å². The molecule has 0 radical (unpaired) electrons. The summed E-state index contributed by atoms with van der Waals surface area (Å²) in [6.45, 7) is 0.601. The average Bonchev–Trinajstić information content (AvgIpc) is 2.66. The molecule has 21 heavy (non-hydrogen) atoms. The molecule has 2 aliphatic heterocycles. The number of hydrogen-bond acceptors (Lipinski definition) is 3. The second-order valence-corrected chi connectivity index (χ2v) is 7.54. The molecule has 0 amide bonds. The first kappa shape index (κ1) is 17.0. The van der Waals surface area contributed by atoms with Gasteiger partial charge in [0, 0.05) is 39.3 Å². The smallest absolute Gasteiger partial charge is 0.292 e. The number of piperazine rings is 1. The highest BCUT2D eigenvalue weighted by atomic mass is 32.2. The van der Waals surface area contributed by atoms with E-state index in [1.165, 1.54) is 13.5 Å². The highest BCUT2D eigenvalue weighted by Gasteiger charge is 2.36. The lowest BCUT2D eigenvalue weighted by atomic mass is 10.2. The summed E-state index contributed by atoms with van der Waals surface area (Å²) >= 11 is 0. The number of halogens is 3. The van der Waals surface area contributed by atoms with E-state index in [-0.39, 0.29) is 26.2 Å². The molecule has 0 atom stereocenters. The lowest BCUT2D eigenvalue weighted by molar-refractivity contribution is -0.148. The predicted octanol–water partition coefficient (Wildman–Crippen LogP) is 1.29. The summed E-state index contributed by atoms with van der Waals surface area (Å²) in [5.74, 6) is 0. The van der Waals surface area contributed by atoms with Crippen molar-refractivity contribution in [1.82, 2.24) is 13.5 Å². The number of hydrogen-bond donors (Lipinski definition) is 0. The molecule has 9 heteroatoms. The minimum Gasteiger partial charge on any atom is -0.292 e. The maximum atomic E-state index is 12.5. The summed E-state index contributed by atoms with van der Waals surface area (Å²) in [7, 11) is -3.52. The van der Waals surface area contributed by atoms with Gasteiger partial charge in [-0.15, -0.1) is 0 Å². The monoisotopic (exact) mass is 329 g/mol. The Morgan fingerprint density at radius 2 is 1.24 bits per heavy atom. The van der Waals surface area contributed by atoms with Crippen LogP contribution in [0.25, 0.3) is 0 Å². The van der Waals surface area contributed by atoms with Crippen LogP contribution in [0.3, 0.4) is 0 Å². The van der Waals surface area contributed by atoms with Crippen molar-refractivity contribution in [2.45, 2.75) is 31.9 Å². The molecule has 2 rings (SSSR count). The molecule has 0 aromatic carbocycles. The Balaban J connectivity index is 1.91. The predicted molar refractivity (Wildman–Crippen MR) is 73.0 cm³/mol. The van der Waals surface area contributed by atoms with Crippen LogP contribution in [0.2, 0.25) is 0 Å². The van der Waals surface area contributed by atoms with E-state index in [1.54, 1.807) is 0 Å². The van der Waals surface area contributed by atoms with Gasteiger partial charge < -0.3 is 0 Å². The van der Waals surface area contributed by atoms with Crippen molar-refractivity contribution in [3.8, 4) is 0 Å². The van der Waals surface area contributed by atoms with Gasteiger partial charge in [0.1, 0.15) is 0 Å². The summed E-state index contributed by atoms with van der Waals surface area (Å²) in [4.78, 5) is 1.26. The fourth-order valence-electron chi connectivity index (χ4n) is 2.81. The molecular formula is C12H22F3N3O2S. The lowest BCUT2D eigenvalue weighted by Gasteiger charge is -2.36. The molecule has 0 spiro atoms. The second kappa shape index (κ2) is 6.80. The van der Waals surface area contributed by atoms with Gasteiger partial charge in [-0.2, -0.15) is 30.2 Å². The molecule has 0 bridgehead atoms. The fraction of sp³-hybridized carbons (Fsp3) is 1.00. The Labute approximate surface area is 123 Å². The average molecular weight is 329 g/mol. The van der Waals surface area contributed by atoms with E-state index < -0.39 is 22.9 Å². The molecule has 0 aromatic heterocycles. The van der Waals surface area contributed by atoms with Crippen LogP contribution in [0.4, 0.5) is 13.2 Å². The summed E-state index contributed by atoms with van der Waals surface area (Å²) in [5, 5.41) is 0. The van der Waals surface area contributed by atoms with Crippen molar-refractivity contribution in [3.63, 3.8) is 0 Å². The van der Waals surface area contributed by atoms with Gasteiger partial charge in [0.2, 0.25) is 0 Å². The fourth-order valence-corrected chi connectivity index (χ4v) is 4.48. The number of nitrogens with zero attached hydrogens (tertiary/aromatic N) is 3. The highest BCUT2D eigenvalue weighted by molar-refractivity contribution is 7.86. The first-order valence-electron chi connectivity index (χ1n) is 7.33. The second-order valence-electron chi connectivity index (χ2n) is 5.61. The quantitative estimate of drug-likeness (QED) is 0.784. The SMILES string of the molecule is O=S(=O)(N1CCCCCC1)N1CCN(CC(F)(F)F)CC1. The minimum atomic E-state index is -4.23. The van der Waals surface area contributed by atoms with Gasteiger partial charge in [-0.05, 0) is 12.8 Å². The standard InChI is InChI=1S/C12H22F3N3O2S/c13-12(14,15)11-16-7-9-18(10-8-16)21(19,20)17-5-3-1-2-4-6-17/h1-11H2. The van der Waals surface area contributed by atoms with Gasteiger partial charge in [0.05, 0.1) is 6.54 Å². The molecule has 5 nitrogen and oxygen atoms in total. The highest BCUT2D eigenvalue weighted by Crippen LogP contribution is 2.20. The molecule has 2 aliphatic rings. The molecule has 0 saturated carbocycles. The Bertz CT molecular complexity index is 426. The van der Waals surface area contributed by atoms with Gasteiger partial charge in [-0.25, -0.2) is 0 Å². The Morgan fingerprint density at radius 3 is 1.71 bits per heavy atom. The Morgan fingerprint density at radius 1 is 0.762 bits per heavy atom. The van der Waals surface area contributed by atoms with Crippen molar-refractivity contribution < 1.29 is 21.6 Å². The maximum Gasteiger partial charge on any atom is 0.401 e. The Hall–Kier alpha value is -0.380. The van der Waals surface area contributed by atoms with Crippen LogP contribution in [-0.2, 0) is 10.2 Å². The largest absolute Gasteiger partial charge is 0.401 e. The summed E-state index contributed by atoms with van der Waals surface area (Å²) in [6.07, 6.45) is -0.455. The van der Waals surface area contributed by atoms with Crippen molar-refractivity contribution >= 4 is 10.2 Å². The van der Waals surface area contributed by atoms with Crippen LogP contribution in [0.1, 0.15) is 25.7 Å². The van der Waals surface area contributed by atoms with Crippen molar-refractivity contribution in [1.29, 1.82) is 0 Å². The van der Waals surface area contributed by atoms with E-state index in [2.05, 4.69) is 0 Å². The number of alkyl halides is 3. The normalized spacial score (nSPS) is 24.9. The third kappa shape index (κ3) is 4.80. The van der Waals surface area contributed by atoms with Crippen LogP contribution in [0.5, 0.6) is 0 Å². The summed E-state index contributed by atoms with van der Waals surface area (Å²) < 4.78 is 64.8. The van der Waals surface area contributed by atoms with E-state index in [9.17, 15) is 21.6 Å². The molecule has 2 fully saturated rings. The maximum absolute atomic E-state index is 12.5. The molecule has 0 unspecified atom stereocenters. The van der Waals surface area contributed by atoms with Crippen molar-refractivity contribution in [2.24, 2.45) is 0 Å². The first-order chi connectivity index (χ1) is 9.79. The molecule has 0 aromatic rings. The van der Waals surface area contributed by atoms with E-state index in [0.29, 0.717) is 13.1 Å². The zero-order valence-electron chi connectivity index (χ0n) is 12.0. The zero-order valence-corrected chi connectivity index (χ0v) is 12.8. The van der Waals surface area contributed by atoms with Gasteiger partial charge in [0.25, 0.3) is 10.2 Å². The molecule has 0 N–H and O–H groups in total. The van der Waals surface area contributed by atoms with E-state index in [1.807, 2.05) is 0 Å². The summed E-state index contributed by atoms with van der Waals surface area (Å²) in [5.41, 5.74) is 0. The van der Waals surface area contributed by atoms with Crippen molar-refractivity contribution in [2.75, 3.05) is 45.8 Å². The van der Waals surface area contributed by atoms with Gasteiger partial charge in [0.15, 0.2) is 0 Å². The van der Waals surface area contributed by atoms with Crippen LogP contribution in [-0.4, -0.2) is 73.9 Å². The topological polar surface area (TPSA) is 43.9 Å². The van der Waals surface area contributed by atoms with Gasteiger partial charge >= 0.3 is 6.18 Å². The van der Waals surface area contributed by atoms with Gasteiger partial charge in [-0.3, -0.25) is 4.90 Å². The molecule has 124 valence electrons. The van der Waals surface area contributed by atoms with Crippen molar-refractivity contribution in [3.05, 3.63) is 0 Å². The van der Waals surface area contributed by atoms with Crippen LogP contribution < -0.4 is 0 Å². The Kier molecular flexibility index (Phi) is 5.50. The lowest BCUT2D eigenvalue weighted by Crippen LogP contribution is -2.54. The molecule has 2 heterocycles. The van der Waals surface area contributed by atoms with E-state index in [4.69, 9.17) is 0 Å². The molecule has 0 aliphatic carbocycles. The van der Waals surface area contributed by atoms with Crippen LogP contribution in [0.15, 0.2) is 0 Å². The minimum absolute atomic E-state index is 0.132. The first-order valence-corrected chi connectivity index (χ1v) is 8.73. The van der Waals surface area contributed by atoms with Crippen LogP contribution >= 0.6 is 0 Å². The summed E-state index contributed by atoms with van der Waals surface area (Å²) in [6, 6.07) is 0. The molecular weight excluding hydrogens is 307 g/mol. The third-order valence-corrected chi connectivity index (χ3v) is 5.99. The van der Waals surface area contributed by atoms with Gasteiger partial charge in [-0.1, -0.05) is 12.8 Å². The zero-order chi connectivity index (χ0) is 15.5. The third-order valence-electron chi connectivity index (χ3n) is 3.95. The van der Waals surface area contributed by atoms with E-state index in [0.717, 1.165) is 25.7 Å². The molecule has 2 saturated heterocycles. The number of rotatable bonds is 3.